The Balaban J connectivity index is 1.33. The number of carbonyl (C=O) groups excluding carboxylic acids is 3. The van der Waals surface area contributed by atoms with Gasteiger partial charge in [-0.3, -0.25) is 9.59 Å². The Kier molecular flexibility index (Phi) is 5.84. The van der Waals surface area contributed by atoms with Crippen LogP contribution in [0.2, 0.25) is 0 Å². The topological polar surface area (TPSA) is 60.9 Å². The third-order valence-corrected chi connectivity index (χ3v) is 6.11. The fourth-order valence-corrected chi connectivity index (χ4v) is 4.35. The van der Waals surface area contributed by atoms with Gasteiger partial charge in [0.15, 0.2) is 0 Å². The Morgan fingerprint density at radius 3 is 2.20 bits per heavy atom. The average molecular weight is 405 g/mol. The van der Waals surface area contributed by atoms with Gasteiger partial charge in [0.2, 0.25) is 5.91 Å². The summed E-state index contributed by atoms with van der Waals surface area (Å²) in [6, 6.07) is 18.9. The number of benzene rings is 2. The van der Waals surface area contributed by atoms with E-state index >= 15 is 0 Å². The predicted octanol–water partition coefficient (Wildman–Crippen LogP) is 3.64. The van der Waals surface area contributed by atoms with Crippen LogP contribution in [0.3, 0.4) is 0 Å². The number of imide groups is 1. The van der Waals surface area contributed by atoms with Crippen LogP contribution >= 0.6 is 0 Å². The number of hydrogen-bond donors (Lipinski definition) is 0. The number of amides is 4. The highest BCUT2D eigenvalue weighted by atomic mass is 16.2. The number of urea groups is 1. The minimum absolute atomic E-state index is 0.00856. The van der Waals surface area contributed by atoms with Crippen molar-refractivity contribution in [3.05, 3.63) is 66.2 Å². The lowest BCUT2D eigenvalue weighted by atomic mass is 9.96. The quantitative estimate of drug-likeness (QED) is 0.714. The van der Waals surface area contributed by atoms with E-state index in [-0.39, 0.29) is 36.3 Å². The highest BCUT2D eigenvalue weighted by molar-refractivity contribution is 6.19. The molecule has 2 saturated heterocycles. The summed E-state index contributed by atoms with van der Waals surface area (Å²) in [5.41, 5.74) is 1.78. The van der Waals surface area contributed by atoms with Crippen molar-refractivity contribution in [2.45, 2.75) is 38.1 Å². The molecule has 0 aromatic heterocycles. The first kappa shape index (κ1) is 20.1. The van der Waals surface area contributed by atoms with E-state index < -0.39 is 0 Å². The number of nitrogens with zero attached hydrogens (tertiary/aromatic N) is 3. The zero-order chi connectivity index (χ0) is 21.1. The smallest absolute Gasteiger partial charge is 0.332 e. The molecule has 0 N–H and O–H groups in total. The number of carbonyl (C=O) groups is 3. The Labute approximate surface area is 177 Å². The fourth-order valence-electron chi connectivity index (χ4n) is 4.35. The van der Waals surface area contributed by atoms with Gasteiger partial charge in [0.25, 0.3) is 5.91 Å². The van der Waals surface area contributed by atoms with Crippen LogP contribution in [0.15, 0.2) is 60.7 Å². The van der Waals surface area contributed by atoms with Crippen LogP contribution < -0.4 is 4.90 Å². The normalized spacial score (nSPS) is 18.8. The van der Waals surface area contributed by atoms with Crippen molar-refractivity contribution in [3.8, 4) is 0 Å². The summed E-state index contributed by atoms with van der Waals surface area (Å²) in [7, 11) is 0. The van der Waals surface area contributed by atoms with Gasteiger partial charge in [-0.25, -0.2) is 9.69 Å². The molecule has 0 saturated carbocycles. The van der Waals surface area contributed by atoms with E-state index in [4.69, 9.17) is 0 Å². The van der Waals surface area contributed by atoms with Crippen molar-refractivity contribution in [2.75, 3.05) is 24.5 Å². The fraction of sp³-hybridized carbons (Fsp3) is 0.375. The second kappa shape index (κ2) is 8.69. The molecule has 2 aromatic carbocycles. The molecule has 2 fully saturated rings. The zero-order valence-electron chi connectivity index (χ0n) is 17.2. The second-order valence-corrected chi connectivity index (χ2v) is 8.10. The molecule has 4 amide bonds. The molecule has 2 aromatic rings. The van der Waals surface area contributed by atoms with Crippen LogP contribution in [0.25, 0.3) is 0 Å². The monoisotopic (exact) mass is 405 g/mol. The van der Waals surface area contributed by atoms with Crippen LogP contribution in [0.5, 0.6) is 0 Å². The Morgan fingerprint density at radius 2 is 1.57 bits per heavy atom. The van der Waals surface area contributed by atoms with Gasteiger partial charge in [-0.05, 0) is 36.5 Å². The van der Waals surface area contributed by atoms with Gasteiger partial charge < -0.3 is 9.80 Å². The maximum atomic E-state index is 12.9. The van der Waals surface area contributed by atoms with Gasteiger partial charge >= 0.3 is 6.03 Å². The lowest BCUT2D eigenvalue weighted by Gasteiger charge is -2.36. The van der Waals surface area contributed by atoms with Gasteiger partial charge in [0.05, 0.1) is 5.69 Å². The second-order valence-electron chi connectivity index (χ2n) is 8.10. The molecule has 0 aliphatic carbocycles. The van der Waals surface area contributed by atoms with Crippen molar-refractivity contribution in [2.24, 2.45) is 0 Å². The molecule has 2 heterocycles. The van der Waals surface area contributed by atoms with E-state index in [0.29, 0.717) is 38.0 Å². The summed E-state index contributed by atoms with van der Waals surface area (Å²) < 4.78 is 0. The Morgan fingerprint density at radius 1 is 0.967 bits per heavy atom. The molecule has 4 rings (SSSR count). The number of para-hydroxylation sites is 1. The van der Waals surface area contributed by atoms with Crippen LogP contribution in [0.4, 0.5) is 10.5 Å². The summed E-state index contributed by atoms with van der Waals surface area (Å²) in [6.07, 6.45) is 1.89. The first-order valence-electron chi connectivity index (χ1n) is 10.6. The number of anilines is 1. The minimum atomic E-state index is -0.256. The summed E-state index contributed by atoms with van der Waals surface area (Å²) in [5, 5.41) is 0. The third kappa shape index (κ3) is 4.08. The summed E-state index contributed by atoms with van der Waals surface area (Å²) >= 11 is 0. The van der Waals surface area contributed by atoms with Gasteiger partial charge in [0.1, 0.15) is 6.54 Å². The lowest BCUT2D eigenvalue weighted by Crippen LogP contribution is -2.48. The molecule has 6 heteroatoms. The van der Waals surface area contributed by atoms with Crippen molar-refractivity contribution < 1.29 is 14.4 Å². The average Bonchev–Trinajstić information content (AvgIpc) is 3.08. The van der Waals surface area contributed by atoms with E-state index in [1.807, 2.05) is 41.3 Å². The molecule has 6 nitrogen and oxygen atoms in total. The minimum Gasteiger partial charge on any atom is -0.343 e. The molecule has 0 bridgehead atoms. The SMILES string of the molecule is CC(CC(=O)N1CCC(N2CC(=O)N(c3ccccc3)C2=O)CC1)c1ccccc1. The predicted molar refractivity (Wildman–Crippen MR) is 115 cm³/mol. The first-order valence-corrected chi connectivity index (χ1v) is 10.6. The molecule has 30 heavy (non-hydrogen) atoms. The Bertz CT molecular complexity index is 908. The molecule has 0 spiro atoms. The first-order chi connectivity index (χ1) is 14.5. The van der Waals surface area contributed by atoms with Crippen molar-refractivity contribution in [1.29, 1.82) is 0 Å². The van der Waals surface area contributed by atoms with Gasteiger partial charge in [-0.2, -0.15) is 0 Å². The third-order valence-electron chi connectivity index (χ3n) is 6.11. The standard InChI is InChI=1S/C24H27N3O3/c1-18(19-8-4-2-5-9-19)16-22(28)25-14-12-20(13-15-25)26-17-23(29)27(24(26)30)21-10-6-3-7-11-21/h2-11,18,20H,12-17H2,1H3. The molecule has 156 valence electrons. The van der Waals surface area contributed by atoms with E-state index in [9.17, 15) is 14.4 Å². The van der Waals surface area contributed by atoms with Gasteiger partial charge in [-0.15, -0.1) is 0 Å². The van der Waals surface area contributed by atoms with E-state index in [2.05, 4.69) is 19.1 Å². The van der Waals surface area contributed by atoms with Gasteiger partial charge in [0, 0.05) is 25.6 Å². The van der Waals surface area contributed by atoms with Gasteiger partial charge in [-0.1, -0.05) is 55.5 Å². The number of piperidine rings is 1. The summed E-state index contributed by atoms with van der Waals surface area (Å²) in [4.78, 5) is 42.9. The van der Waals surface area contributed by atoms with Crippen LogP contribution in [0.1, 0.15) is 37.7 Å². The molecular weight excluding hydrogens is 378 g/mol. The molecule has 1 unspecified atom stereocenters. The van der Waals surface area contributed by atoms with Crippen molar-refractivity contribution in [3.63, 3.8) is 0 Å². The zero-order valence-corrected chi connectivity index (χ0v) is 17.2. The molecule has 0 radical (unpaired) electrons. The lowest BCUT2D eigenvalue weighted by molar-refractivity contribution is -0.133. The maximum Gasteiger partial charge on any atom is 0.332 e. The van der Waals surface area contributed by atoms with Crippen LogP contribution in [-0.2, 0) is 9.59 Å². The number of rotatable bonds is 5. The van der Waals surface area contributed by atoms with E-state index in [0.717, 1.165) is 0 Å². The Hall–Kier alpha value is -3.15. The molecule has 2 aliphatic rings. The number of hydrogen-bond acceptors (Lipinski definition) is 3. The molecule has 1 atom stereocenters. The molecular formula is C24H27N3O3. The molecule has 2 aliphatic heterocycles. The highest BCUT2D eigenvalue weighted by Crippen LogP contribution is 2.27. The van der Waals surface area contributed by atoms with Crippen molar-refractivity contribution >= 4 is 23.5 Å². The highest BCUT2D eigenvalue weighted by Gasteiger charge is 2.41. The van der Waals surface area contributed by atoms with E-state index in [1.165, 1.54) is 10.5 Å². The summed E-state index contributed by atoms with van der Waals surface area (Å²) in [5.74, 6) is 0.134. The van der Waals surface area contributed by atoms with Crippen LogP contribution in [0, 0.1) is 0 Å². The summed E-state index contributed by atoms with van der Waals surface area (Å²) in [6.45, 7) is 3.42. The van der Waals surface area contributed by atoms with E-state index in [1.54, 1.807) is 17.0 Å². The number of likely N-dealkylation sites (tertiary alicyclic amines) is 1. The van der Waals surface area contributed by atoms with Crippen LogP contribution in [-0.4, -0.2) is 53.3 Å². The van der Waals surface area contributed by atoms with Crippen molar-refractivity contribution in [1.82, 2.24) is 9.80 Å². The maximum absolute atomic E-state index is 12.9. The largest absolute Gasteiger partial charge is 0.343 e.